The molecule has 1 saturated heterocycles. The van der Waals surface area contributed by atoms with E-state index in [1.165, 1.54) is 0 Å². The highest BCUT2D eigenvalue weighted by Crippen LogP contribution is 2.22. The number of halogens is 1. The quantitative estimate of drug-likeness (QED) is 0.904. The number of nitrogens with two attached hydrogens (primary N) is 1. The number of hydrogen-bond donors (Lipinski definition) is 1. The van der Waals surface area contributed by atoms with Crippen molar-refractivity contribution in [1.29, 1.82) is 0 Å². The Hall–Kier alpha value is -0.970. The molecule has 0 spiro atoms. The zero-order chi connectivity index (χ0) is 14.0. The first-order valence-electron chi connectivity index (χ1n) is 6.88. The van der Waals surface area contributed by atoms with Crippen molar-refractivity contribution in [2.24, 2.45) is 5.73 Å². The molecule has 0 aromatic heterocycles. The van der Waals surface area contributed by atoms with Gasteiger partial charge in [-0.1, -0.05) is 12.1 Å². The molecule has 1 heterocycles. The summed E-state index contributed by atoms with van der Waals surface area (Å²) in [5, 5.41) is 0. The third kappa shape index (κ3) is 3.53. The SMILES string of the molecule is Cc1ccc(C(N)CC2CN(C)CCN2C)cc1F. The van der Waals surface area contributed by atoms with Gasteiger partial charge in [0.2, 0.25) is 0 Å². The van der Waals surface area contributed by atoms with E-state index in [1.807, 2.05) is 6.07 Å². The monoisotopic (exact) mass is 265 g/mol. The van der Waals surface area contributed by atoms with Crippen LogP contribution in [0.1, 0.15) is 23.6 Å². The molecular weight excluding hydrogens is 241 g/mol. The van der Waals surface area contributed by atoms with Crippen LogP contribution in [0.2, 0.25) is 0 Å². The average molecular weight is 265 g/mol. The van der Waals surface area contributed by atoms with Gasteiger partial charge in [0.15, 0.2) is 0 Å². The lowest BCUT2D eigenvalue weighted by atomic mass is 9.97. The lowest BCUT2D eigenvalue weighted by molar-refractivity contribution is 0.104. The summed E-state index contributed by atoms with van der Waals surface area (Å²) in [5.41, 5.74) is 7.81. The molecule has 3 nitrogen and oxygen atoms in total. The van der Waals surface area contributed by atoms with E-state index in [4.69, 9.17) is 5.73 Å². The Morgan fingerprint density at radius 2 is 2.11 bits per heavy atom. The van der Waals surface area contributed by atoms with Gasteiger partial charge >= 0.3 is 0 Å². The van der Waals surface area contributed by atoms with E-state index in [2.05, 4.69) is 23.9 Å². The van der Waals surface area contributed by atoms with Crippen LogP contribution in [-0.4, -0.2) is 49.6 Å². The maximum Gasteiger partial charge on any atom is 0.126 e. The van der Waals surface area contributed by atoms with Gasteiger partial charge in [0, 0.05) is 31.7 Å². The molecule has 1 aliphatic heterocycles. The van der Waals surface area contributed by atoms with Crippen molar-refractivity contribution in [2.75, 3.05) is 33.7 Å². The largest absolute Gasteiger partial charge is 0.324 e. The van der Waals surface area contributed by atoms with Crippen molar-refractivity contribution >= 4 is 0 Å². The highest BCUT2D eigenvalue weighted by atomic mass is 19.1. The summed E-state index contributed by atoms with van der Waals surface area (Å²) < 4.78 is 13.6. The fraction of sp³-hybridized carbons (Fsp3) is 0.600. The molecule has 0 amide bonds. The Labute approximate surface area is 115 Å². The van der Waals surface area contributed by atoms with Gasteiger partial charge in [-0.3, -0.25) is 0 Å². The minimum Gasteiger partial charge on any atom is -0.324 e. The number of nitrogens with zero attached hydrogens (tertiary/aromatic N) is 2. The van der Waals surface area contributed by atoms with E-state index in [0.29, 0.717) is 11.6 Å². The molecule has 0 bridgehead atoms. The molecule has 2 unspecified atom stereocenters. The van der Waals surface area contributed by atoms with E-state index in [9.17, 15) is 4.39 Å². The smallest absolute Gasteiger partial charge is 0.126 e. The molecule has 106 valence electrons. The molecular formula is C15H24FN3. The molecule has 19 heavy (non-hydrogen) atoms. The van der Waals surface area contributed by atoms with Crippen molar-refractivity contribution in [2.45, 2.75) is 25.4 Å². The molecule has 0 aliphatic carbocycles. The van der Waals surface area contributed by atoms with Crippen LogP contribution >= 0.6 is 0 Å². The fourth-order valence-corrected chi connectivity index (χ4v) is 2.62. The Morgan fingerprint density at radius 3 is 2.79 bits per heavy atom. The maximum absolute atomic E-state index is 13.6. The summed E-state index contributed by atoms with van der Waals surface area (Å²) in [6.45, 7) is 4.96. The molecule has 0 radical (unpaired) electrons. The summed E-state index contributed by atoms with van der Waals surface area (Å²) in [7, 11) is 4.27. The number of aryl methyl sites for hydroxylation is 1. The van der Waals surface area contributed by atoms with E-state index < -0.39 is 0 Å². The number of hydrogen-bond acceptors (Lipinski definition) is 3. The van der Waals surface area contributed by atoms with Crippen molar-refractivity contribution in [3.8, 4) is 0 Å². The first-order chi connectivity index (χ1) is 8.97. The molecule has 2 atom stereocenters. The highest BCUT2D eigenvalue weighted by molar-refractivity contribution is 5.25. The highest BCUT2D eigenvalue weighted by Gasteiger charge is 2.24. The second kappa shape index (κ2) is 5.99. The van der Waals surface area contributed by atoms with Gasteiger partial charge in [0.25, 0.3) is 0 Å². The topological polar surface area (TPSA) is 32.5 Å². The second-order valence-electron chi connectivity index (χ2n) is 5.75. The number of piperazine rings is 1. The zero-order valence-corrected chi connectivity index (χ0v) is 12.1. The first kappa shape index (κ1) is 14.4. The average Bonchev–Trinajstić information content (AvgIpc) is 2.37. The van der Waals surface area contributed by atoms with Crippen LogP contribution in [0, 0.1) is 12.7 Å². The van der Waals surface area contributed by atoms with Gasteiger partial charge in [-0.2, -0.15) is 0 Å². The predicted octanol–water partition coefficient (Wildman–Crippen LogP) is 1.77. The molecule has 2 N–H and O–H groups in total. The molecule has 2 rings (SSSR count). The second-order valence-corrected chi connectivity index (χ2v) is 5.75. The van der Waals surface area contributed by atoms with Crippen molar-refractivity contribution in [1.82, 2.24) is 9.80 Å². The van der Waals surface area contributed by atoms with Crippen LogP contribution in [0.4, 0.5) is 4.39 Å². The lowest BCUT2D eigenvalue weighted by Gasteiger charge is -2.38. The minimum atomic E-state index is -0.165. The van der Waals surface area contributed by atoms with Crippen molar-refractivity contribution in [3.05, 3.63) is 35.1 Å². The van der Waals surface area contributed by atoms with Crippen molar-refractivity contribution < 1.29 is 4.39 Å². The Kier molecular flexibility index (Phi) is 4.55. The molecule has 1 aromatic rings. The van der Waals surface area contributed by atoms with E-state index in [1.54, 1.807) is 19.1 Å². The van der Waals surface area contributed by atoms with Gasteiger partial charge in [-0.15, -0.1) is 0 Å². The van der Waals surface area contributed by atoms with Gasteiger partial charge in [-0.25, -0.2) is 4.39 Å². The van der Waals surface area contributed by atoms with Crippen LogP contribution in [0.5, 0.6) is 0 Å². The summed E-state index contributed by atoms with van der Waals surface area (Å²) in [6.07, 6.45) is 0.864. The normalized spacial score (nSPS) is 23.5. The Bertz CT molecular complexity index is 435. The van der Waals surface area contributed by atoms with Gasteiger partial charge in [0.1, 0.15) is 5.82 Å². The van der Waals surface area contributed by atoms with Crippen LogP contribution < -0.4 is 5.73 Å². The van der Waals surface area contributed by atoms with E-state index >= 15 is 0 Å². The van der Waals surface area contributed by atoms with E-state index in [-0.39, 0.29) is 11.9 Å². The predicted molar refractivity (Wildman–Crippen MR) is 76.6 cm³/mol. The first-order valence-corrected chi connectivity index (χ1v) is 6.88. The standard InChI is InChI=1S/C15H24FN3/c1-11-4-5-12(8-14(11)16)15(17)9-13-10-18(2)6-7-19(13)3/h4-5,8,13,15H,6-7,9-10,17H2,1-3H3. The van der Waals surface area contributed by atoms with Crippen molar-refractivity contribution in [3.63, 3.8) is 0 Å². The summed E-state index contributed by atoms with van der Waals surface area (Å²) in [5.74, 6) is -0.165. The summed E-state index contributed by atoms with van der Waals surface area (Å²) in [6, 6.07) is 5.66. The maximum atomic E-state index is 13.6. The Morgan fingerprint density at radius 1 is 1.37 bits per heavy atom. The lowest BCUT2D eigenvalue weighted by Crippen LogP contribution is -2.50. The van der Waals surface area contributed by atoms with Gasteiger partial charge in [0.05, 0.1) is 0 Å². The van der Waals surface area contributed by atoms with Crippen LogP contribution in [0.25, 0.3) is 0 Å². The van der Waals surface area contributed by atoms with Crippen LogP contribution in [0.3, 0.4) is 0 Å². The molecule has 4 heteroatoms. The van der Waals surface area contributed by atoms with Gasteiger partial charge in [-0.05, 0) is 44.6 Å². The summed E-state index contributed by atoms with van der Waals surface area (Å²) in [4.78, 5) is 4.68. The number of rotatable bonds is 3. The van der Waals surface area contributed by atoms with Crippen LogP contribution in [-0.2, 0) is 0 Å². The third-order valence-electron chi connectivity index (χ3n) is 4.13. The summed E-state index contributed by atoms with van der Waals surface area (Å²) >= 11 is 0. The zero-order valence-electron chi connectivity index (χ0n) is 12.1. The molecule has 1 aromatic carbocycles. The van der Waals surface area contributed by atoms with Crippen LogP contribution in [0.15, 0.2) is 18.2 Å². The third-order valence-corrected chi connectivity index (χ3v) is 4.13. The minimum absolute atomic E-state index is 0.103. The number of benzene rings is 1. The Balaban J connectivity index is 2.03. The molecule has 0 saturated carbocycles. The molecule has 1 fully saturated rings. The number of likely N-dealkylation sites (N-methyl/N-ethyl adjacent to an activating group) is 2. The molecule has 1 aliphatic rings. The van der Waals surface area contributed by atoms with E-state index in [0.717, 1.165) is 31.6 Å². The van der Waals surface area contributed by atoms with Gasteiger partial charge < -0.3 is 15.5 Å². The fourth-order valence-electron chi connectivity index (χ4n) is 2.62.